The van der Waals surface area contributed by atoms with Crippen molar-refractivity contribution in [1.29, 1.82) is 0 Å². The molecule has 0 saturated heterocycles. The molecule has 27 heavy (non-hydrogen) atoms. The lowest BCUT2D eigenvalue weighted by molar-refractivity contribution is -0.117. The van der Waals surface area contributed by atoms with Crippen molar-refractivity contribution < 1.29 is 22.2 Å². The van der Waals surface area contributed by atoms with Gasteiger partial charge in [-0.3, -0.25) is 9.59 Å². The maximum atomic E-state index is 12.7. The SMILES string of the molecule is CC(=O)Nc1ccccc1OS(=O)(=O)c1ccc2c(c1)C[C@@H](C)N2C(C)=O. The average molecular weight is 388 g/mol. The Balaban J connectivity index is 1.93. The summed E-state index contributed by atoms with van der Waals surface area (Å²) >= 11 is 0. The number of carbonyl (C=O) groups excluding carboxylic acids is 2. The fourth-order valence-corrected chi connectivity index (χ4v) is 4.24. The smallest absolute Gasteiger partial charge is 0.339 e. The van der Waals surface area contributed by atoms with Gasteiger partial charge in [-0.05, 0) is 49.2 Å². The number of rotatable bonds is 4. The Kier molecular flexibility index (Phi) is 4.93. The second-order valence-corrected chi connectivity index (χ2v) is 7.99. The first-order valence-electron chi connectivity index (χ1n) is 8.43. The van der Waals surface area contributed by atoms with Crippen molar-refractivity contribution in [2.24, 2.45) is 0 Å². The number of nitrogens with zero attached hydrogens (tertiary/aromatic N) is 1. The summed E-state index contributed by atoms with van der Waals surface area (Å²) in [5, 5.41) is 2.54. The van der Waals surface area contributed by atoms with Gasteiger partial charge in [0.15, 0.2) is 5.75 Å². The Hall–Kier alpha value is -2.87. The lowest BCUT2D eigenvalue weighted by Crippen LogP contribution is -2.33. The number of nitrogens with one attached hydrogen (secondary N) is 1. The minimum absolute atomic E-state index is 0.00326. The van der Waals surface area contributed by atoms with E-state index in [0.29, 0.717) is 12.1 Å². The molecule has 0 aliphatic carbocycles. The number of hydrogen-bond donors (Lipinski definition) is 1. The molecule has 1 atom stereocenters. The third-order valence-electron chi connectivity index (χ3n) is 4.29. The van der Waals surface area contributed by atoms with E-state index in [1.165, 1.54) is 32.0 Å². The summed E-state index contributed by atoms with van der Waals surface area (Å²) in [5.74, 6) is -0.386. The third kappa shape index (κ3) is 3.80. The maximum absolute atomic E-state index is 12.7. The van der Waals surface area contributed by atoms with Crippen LogP contribution in [0.3, 0.4) is 0 Å². The Labute approximate surface area is 158 Å². The van der Waals surface area contributed by atoms with Gasteiger partial charge in [-0.1, -0.05) is 12.1 Å². The first kappa shape index (κ1) is 18.9. The van der Waals surface area contributed by atoms with Crippen molar-refractivity contribution in [2.75, 3.05) is 10.2 Å². The number of benzene rings is 2. The number of amides is 2. The molecule has 142 valence electrons. The van der Waals surface area contributed by atoms with Gasteiger partial charge in [0.2, 0.25) is 11.8 Å². The molecular weight excluding hydrogens is 368 g/mol. The molecule has 0 radical (unpaired) electrons. The summed E-state index contributed by atoms with van der Waals surface area (Å²) in [4.78, 5) is 24.8. The van der Waals surface area contributed by atoms with Crippen LogP contribution in [0.2, 0.25) is 0 Å². The molecule has 2 aromatic rings. The van der Waals surface area contributed by atoms with E-state index in [0.717, 1.165) is 5.56 Å². The van der Waals surface area contributed by atoms with Crippen LogP contribution in [0.25, 0.3) is 0 Å². The number of carbonyl (C=O) groups is 2. The molecule has 2 amide bonds. The molecule has 0 aromatic heterocycles. The second kappa shape index (κ2) is 7.03. The Morgan fingerprint density at radius 2 is 1.85 bits per heavy atom. The summed E-state index contributed by atoms with van der Waals surface area (Å²) in [7, 11) is -4.10. The largest absolute Gasteiger partial charge is 0.377 e. The van der Waals surface area contributed by atoms with Crippen LogP contribution in [0, 0.1) is 0 Å². The first-order valence-corrected chi connectivity index (χ1v) is 9.83. The number of hydrogen-bond acceptors (Lipinski definition) is 5. The summed E-state index contributed by atoms with van der Waals surface area (Å²) in [6.45, 7) is 4.72. The van der Waals surface area contributed by atoms with E-state index < -0.39 is 10.1 Å². The fourth-order valence-electron chi connectivity index (χ4n) is 3.24. The van der Waals surface area contributed by atoms with E-state index in [9.17, 15) is 18.0 Å². The van der Waals surface area contributed by atoms with Crippen LogP contribution in [0.5, 0.6) is 5.75 Å². The molecule has 1 aliphatic rings. The second-order valence-electron chi connectivity index (χ2n) is 6.45. The lowest BCUT2D eigenvalue weighted by Gasteiger charge is -2.20. The van der Waals surface area contributed by atoms with Gasteiger partial charge in [0, 0.05) is 25.6 Å². The van der Waals surface area contributed by atoms with Crippen LogP contribution in [0.4, 0.5) is 11.4 Å². The van der Waals surface area contributed by atoms with Crippen molar-refractivity contribution in [3.8, 4) is 5.75 Å². The Bertz CT molecular complexity index is 1020. The fraction of sp³-hybridized carbons (Fsp3) is 0.263. The van der Waals surface area contributed by atoms with Crippen LogP contribution < -0.4 is 14.4 Å². The highest BCUT2D eigenvalue weighted by atomic mass is 32.2. The van der Waals surface area contributed by atoms with Crippen molar-refractivity contribution >= 4 is 33.3 Å². The molecule has 2 aromatic carbocycles. The molecule has 8 heteroatoms. The highest BCUT2D eigenvalue weighted by molar-refractivity contribution is 7.87. The molecule has 0 saturated carbocycles. The van der Waals surface area contributed by atoms with Gasteiger partial charge in [-0.25, -0.2) is 0 Å². The molecule has 0 fully saturated rings. The van der Waals surface area contributed by atoms with Crippen molar-refractivity contribution in [3.05, 3.63) is 48.0 Å². The monoisotopic (exact) mass is 388 g/mol. The van der Waals surface area contributed by atoms with Gasteiger partial charge < -0.3 is 14.4 Å². The van der Waals surface area contributed by atoms with E-state index in [2.05, 4.69) is 5.32 Å². The maximum Gasteiger partial charge on any atom is 0.339 e. The highest BCUT2D eigenvalue weighted by Gasteiger charge is 2.30. The summed E-state index contributed by atoms with van der Waals surface area (Å²) in [5.41, 5.74) is 1.76. The summed E-state index contributed by atoms with van der Waals surface area (Å²) in [6.07, 6.45) is 0.570. The molecule has 0 bridgehead atoms. The highest BCUT2D eigenvalue weighted by Crippen LogP contribution is 2.35. The van der Waals surface area contributed by atoms with Crippen molar-refractivity contribution in [1.82, 2.24) is 0 Å². The molecule has 1 heterocycles. The number of para-hydroxylation sites is 2. The van der Waals surface area contributed by atoms with Gasteiger partial charge in [0.05, 0.1) is 5.69 Å². The zero-order valence-electron chi connectivity index (χ0n) is 15.2. The minimum atomic E-state index is -4.10. The van der Waals surface area contributed by atoms with E-state index in [1.54, 1.807) is 29.2 Å². The van der Waals surface area contributed by atoms with Gasteiger partial charge in [-0.15, -0.1) is 0 Å². The Morgan fingerprint density at radius 3 is 2.52 bits per heavy atom. The molecule has 0 spiro atoms. The number of fused-ring (bicyclic) bond motifs is 1. The first-order chi connectivity index (χ1) is 12.7. The molecule has 7 nitrogen and oxygen atoms in total. The van der Waals surface area contributed by atoms with Crippen LogP contribution in [-0.2, 0) is 26.1 Å². The van der Waals surface area contributed by atoms with Crippen molar-refractivity contribution in [2.45, 2.75) is 38.1 Å². The van der Waals surface area contributed by atoms with Crippen LogP contribution >= 0.6 is 0 Å². The van der Waals surface area contributed by atoms with Crippen LogP contribution in [-0.4, -0.2) is 26.3 Å². The minimum Gasteiger partial charge on any atom is -0.377 e. The Morgan fingerprint density at radius 1 is 1.15 bits per heavy atom. The third-order valence-corrected chi connectivity index (χ3v) is 5.52. The van der Waals surface area contributed by atoms with E-state index in [-0.39, 0.29) is 34.2 Å². The zero-order chi connectivity index (χ0) is 19.8. The average Bonchev–Trinajstić information content (AvgIpc) is 2.91. The van der Waals surface area contributed by atoms with Gasteiger partial charge >= 0.3 is 10.1 Å². The normalized spacial score (nSPS) is 16.0. The number of anilines is 2. The zero-order valence-corrected chi connectivity index (χ0v) is 16.0. The van der Waals surface area contributed by atoms with Gasteiger partial charge in [-0.2, -0.15) is 8.42 Å². The summed E-state index contributed by atoms with van der Waals surface area (Å²) in [6, 6.07) is 10.8. The van der Waals surface area contributed by atoms with E-state index in [1.807, 2.05) is 6.92 Å². The van der Waals surface area contributed by atoms with Gasteiger partial charge in [0.1, 0.15) is 4.90 Å². The molecule has 1 N–H and O–H groups in total. The standard InChI is InChI=1S/C19H20N2O5S/c1-12-10-15-11-16(8-9-18(15)21(12)14(3)23)27(24,25)26-19-7-5-4-6-17(19)20-13(2)22/h4-9,11-12H,10H2,1-3H3,(H,20,22)/t12-/m1/s1. The lowest BCUT2D eigenvalue weighted by atomic mass is 10.1. The van der Waals surface area contributed by atoms with E-state index >= 15 is 0 Å². The predicted molar refractivity (Wildman–Crippen MR) is 101 cm³/mol. The summed E-state index contributed by atoms with van der Waals surface area (Å²) < 4.78 is 30.7. The molecule has 1 aliphatic heterocycles. The van der Waals surface area contributed by atoms with Gasteiger partial charge in [0.25, 0.3) is 0 Å². The molecular formula is C19H20N2O5S. The van der Waals surface area contributed by atoms with E-state index in [4.69, 9.17) is 4.18 Å². The predicted octanol–water partition coefficient (Wildman–Crippen LogP) is 2.71. The topological polar surface area (TPSA) is 92.8 Å². The quantitative estimate of drug-likeness (QED) is 0.813. The van der Waals surface area contributed by atoms with Crippen LogP contribution in [0.15, 0.2) is 47.4 Å². The molecule has 3 rings (SSSR count). The van der Waals surface area contributed by atoms with Crippen molar-refractivity contribution in [3.63, 3.8) is 0 Å². The van der Waals surface area contributed by atoms with Crippen LogP contribution in [0.1, 0.15) is 26.3 Å². The molecule has 0 unspecified atom stereocenters.